The van der Waals surface area contributed by atoms with Gasteiger partial charge in [0.15, 0.2) is 0 Å². The molecule has 1 aromatic carbocycles. The average Bonchev–Trinajstić information content (AvgIpc) is 2.52. The zero-order valence-corrected chi connectivity index (χ0v) is 12.1. The molecule has 0 spiro atoms. The van der Waals surface area contributed by atoms with Crippen molar-refractivity contribution in [3.8, 4) is 0 Å². The molecule has 21 heavy (non-hydrogen) atoms. The van der Waals surface area contributed by atoms with E-state index in [2.05, 4.69) is 17.2 Å². The molecule has 4 heteroatoms. The smallest absolute Gasteiger partial charge is 0.246 e. The summed E-state index contributed by atoms with van der Waals surface area (Å²) in [5.41, 5.74) is 1.97. The maximum atomic E-state index is 12.2. The molecule has 108 valence electrons. The summed E-state index contributed by atoms with van der Waals surface area (Å²) < 4.78 is 0. The molecular weight excluding hydrogens is 262 g/mol. The number of piperazine rings is 1. The second-order valence-corrected chi connectivity index (χ2v) is 5.39. The van der Waals surface area contributed by atoms with Crippen molar-refractivity contribution in [1.82, 2.24) is 15.2 Å². The van der Waals surface area contributed by atoms with Gasteiger partial charge in [-0.1, -0.05) is 18.2 Å². The summed E-state index contributed by atoms with van der Waals surface area (Å²) in [5.74, 6) is 0.0734. The Labute approximate surface area is 124 Å². The molecule has 1 aliphatic heterocycles. The number of hydrogen-bond acceptors (Lipinski definition) is 3. The summed E-state index contributed by atoms with van der Waals surface area (Å²) in [6.07, 6.45) is 5.33. The second-order valence-electron chi connectivity index (χ2n) is 5.39. The molecule has 0 saturated carbocycles. The third kappa shape index (κ3) is 3.11. The Hall–Kier alpha value is -2.20. The van der Waals surface area contributed by atoms with E-state index >= 15 is 0 Å². The number of pyridine rings is 1. The summed E-state index contributed by atoms with van der Waals surface area (Å²) in [5, 5.41) is 4.41. The van der Waals surface area contributed by atoms with E-state index in [0.717, 1.165) is 36.1 Å². The Kier molecular flexibility index (Phi) is 3.97. The van der Waals surface area contributed by atoms with Gasteiger partial charge in [0.2, 0.25) is 5.91 Å². The molecule has 4 nitrogen and oxygen atoms in total. The van der Waals surface area contributed by atoms with Gasteiger partial charge in [0.05, 0.1) is 5.52 Å². The first-order valence-electron chi connectivity index (χ1n) is 7.28. The van der Waals surface area contributed by atoms with Crippen molar-refractivity contribution in [2.45, 2.75) is 13.0 Å². The fourth-order valence-electron chi connectivity index (χ4n) is 2.66. The van der Waals surface area contributed by atoms with Crippen LogP contribution in [0.2, 0.25) is 0 Å². The van der Waals surface area contributed by atoms with Crippen molar-refractivity contribution in [3.63, 3.8) is 0 Å². The highest BCUT2D eigenvalue weighted by molar-refractivity contribution is 5.95. The Morgan fingerprint density at radius 1 is 1.38 bits per heavy atom. The number of nitrogens with one attached hydrogen (secondary N) is 1. The summed E-state index contributed by atoms with van der Waals surface area (Å²) in [7, 11) is 0. The van der Waals surface area contributed by atoms with E-state index in [9.17, 15) is 4.79 Å². The van der Waals surface area contributed by atoms with Crippen LogP contribution in [0.1, 0.15) is 12.5 Å². The highest BCUT2D eigenvalue weighted by Crippen LogP contribution is 2.17. The fraction of sp³-hybridized carbons (Fsp3) is 0.294. The van der Waals surface area contributed by atoms with Gasteiger partial charge >= 0.3 is 0 Å². The molecule has 0 bridgehead atoms. The summed E-state index contributed by atoms with van der Waals surface area (Å²) in [6.45, 7) is 4.49. The molecule has 1 N–H and O–H groups in total. The quantitative estimate of drug-likeness (QED) is 0.857. The number of rotatable bonds is 2. The van der Waals surface area contributed by atoms with Gasteiger partial charge in [0.1, 0.15) is 0 Å². The molecule has 1 aromatic heterocycles. The SMILES string of the molecule is CC1CN(C(=O)C=Cc2ccnc3ccccc23)CCN1. The molecule has 2 heterocycles. The molecule has 1 unspecified atom stereocenters. The van der Waals surface area contributed by atoms with Gasteiger partial charge in [-0.25, -0.2) is 0 Å². The topological polar surface area (TPSA) is 45.2 Å². The first kappa shape index (κ1) is 13.8. The number of carbonyl (C=O) groups is 1. The van der Waals surface area contributed by atoms with Gasteiger partial charge in [-0.05, 0) is 30.7 Å². The van der Waals surface area contributed by atoms with Crippen LogP contribution in [0, 0.1) is 0 Å². The van der Waals surface area contributed by atoms with Crippen LogP contribution in [0.25, 0.3) is 17.0 Å². The van der Waals surface area contributed by atoms with Gasteiger partial charge in [-0.2, -0.15) is 0 Å². The van der Waals surface area contributed by atoms with Crippen molar-refractivity contribution in [2.24, 2.45) is 0 Å². The highest BCUT2D eigenvalue weighted by Gasteiger charge is 2.18. The van der Waals surface area contributed by atoms with E-state index in [1.54, 1.807) is 12.3 Å². The van der Waals surface area contributed by atoms with Gasteiger partial charge in [0.25, 0.3) is 0 Å². The van der Waals surface area contributed by atoms with Crippen molar-refractivity contribution in [3.05, 3.63) is 48.2 Å². The third-order valence-corrected chi connectivity index (χ3v) is 3.77. The molecule has 0 aliphatic carbocycles. The van der Waals surface area contributed by atoms with Crippen molar-refractivity contribution >= 4 is 22.9 Å². The van der Waals surface area contributed by atoms with Crippen LogP contribution >= 0.6 is 0 Å². The van der Waals surface area contributed by atoms with Crippen LogP contribution in [0.5, 0.6) is 0 Å². The first-order chi connectivity index (χ1) is 10.2. The molecule has 2 aromatic rings. The largest absolute Gasteiger partial charge is 0.336 e. The molecule has 1 aliphatic rings. The minimum absolute atomic E-state index is 0.0734. The number of hydrogen-bond donors (Lipinski definition) is 1. The van der Waals surface area contributed by atoms with Gasteiger partial charge < -0.3 is 10.2 Å². The lowest BCUT2D eigenvalue weighted by Gasteiger charge is -2.31. The van der Waals surface area contributed by atoms with Gasteiger partial charge in [-0.3, -0.25) is 9.78 Å². The van der Waals surface area contributed by atoms with Crippen LogP contribution in [0.4, 0.5) is 0 Å². The molecule has 1 saturated heterocycles. The zero-order chi connectivity index (χ0) is 14.7. The fourth-order valence-corrected chi connectivity index (χ4v) is 2.66. The lowest BCUT2D eigenvalue weighted by molar-refractivity contribution is -0.127. The van der Waals surface area contributed by atoms with Crippen LogP contribution in [0.3, 0.4) is 0 Å². The number of nitrogens with zero attached hydrogens (tertiary/aromatic N) is 2. The van der Waals surface area contributed by atoms with E-state index in [1.165, 1.54) is 0 Å². The monoisotopic (exact) mass is 281 g/mol. The lowest BCUT2D eigenvalue weighted by atomic mass is 10.1. The third-order valence-electron chi connectivity index (χ3n) is 3.77. The Morgan fingerprint density at radius 2 is 2.24 bits per heavy atom. The zero-order valence-electron chi connectivity index (χ0n) is 12.1. The number of aromatic nitrogens is 1. The summed E-state index contributed by atoms with van der Waals surface area (Å²) in [6, 6.07) is 10.3. The maximum Gasteiger partial charge on any atom is 0.246 e. The van der Waals surface area contributed by atoms with E-state index in [1.807, 2.05) is 41.3 Å². The molecular formula is C17H19N3O. The normalized spacial score (nSPS) is 19.3. The van der Waals surface area contributed by atoms with E-state index in [4.69, 9.17) is 0 Å². The molecule has 1 atom stereocenters. The van der Waals surface area contributed by atoms with Crippen molar-refractivity contribution in [1.29, 1.82) is 0 Å². The maximum absolute atomic E-state index is 12.2. The Balaban J connectivity index is 1.80. The predicted octanol–water partition coefficient (Wildman–Crippen LogP) is 2.07. The average molecular weight is 281 g/mol. The number of amides is 1. The van der Waals surface area contributed by atoms with Crippen LogP contribution in [-0.2, 0) is 4.79 Å². The highest BCUT2D eigenvalue weighted by atomic mass is 16.2. The number of benzene rings is 1. The standard InChI is InChI=1S/C17H19N3O/c1-13-12-20(11-10-18-13)17(21)7-6-14-8-9-19-16-5-3-2-4-15(14)16/h2-9,13,18H,10-12H2,1H3. The predicted molar refractivity (Wildman–Crippen MR) is 84.8 cm³/mol. The molecule has 1 fully saturated rings. The van der Waals surface area contributed by atoms with Gasteiger partial charge in [0, 0.05) is 43.3 Å². The van der Waals surface area contributed by atoms with E-state index in [-0.39, 0.29) is 5.91 Å². The number of fused-ring (bicyclic) bond motifs is 1. The van der Waals surface area contributed by atoms with Crippen LogP contribution in [-0.4, -0.2) is 41.5 Å². The molecule has 0 radical (unpaired) electrons. The minimum Gasteiger partial charge on any atom is -0.336 e. The van der Waals surface area contributed by atoms with Gasteiger partial charge in [-0.15, -0.1) is 0 Å². The van der Waals surface area contributed by atoms with E-state index in [0.29, 0.717) is 6.04 Å². The van der Waals surface area contributed by atoms with Crippen LogP contribution < -0.4 is 5.32 Å². The summed E-state index contributed by atoms with van der Waals surface area (Å²) in [4.78, 5) is 18.5. The lowest BCUT2D eigenvalue weighted by Crippen LogP contribution is -2.50. The van der Waals surface area contributed by atoms with Crippen molar-refractivity contribution in [2.75, 3.05) is 19.6 Å². The number of para-hydroxylation sites is 1. The van der Waals surface area contributed by atoms with E-state index < -0.39 is 0 Å². The van der Waals surface area contributed by atoms with Crippen molar-refractivity contribution < 1.29 is 4.79 Å². The second kappa shape index (κ2) is 6.06. The Bertz CT molecular complexity index is 675. The van der Waals surface area contributed by atoms with Crippen LogP contribution in [0.15, 0.2) is 42.6 Å². The summed E-state index contributed by atoms with van der Waals surface area (Å²) >= 11 is 0. The first-order valence-corrected chi connectivity index (χ1v) is 7.28. The minimum atomic E-state index is 0.0734. The Morgan fingerprint density at radius 3 is 3.10 bits per heavy atom. The molecule has 1 amide bonds. The molecule has 3 rings (SSSR count). The number of carbonyl (C=O) groups excluding carboxylic acids is 1.